The summed E-state index contributed by atoms with van der Waals surface area (Å²) in [4.78, 5) is 0. The third-order valence-electron chi connectivity index (χ3n) is 2.71. The Labute approximate surface area is 106 Å². The molecule has 96 valence electrons. The Bertz CT molecular complexity index is 523. The molecule has 0 fully saturated rings. The zero-order chi connectivity index (χ0) is 13.0. The summed E-state index contributed by atoms with van der Waals surface area (Å²) in [5.74, 6) is 0.689. The number of benzene rings is 1. The summed E-state index contributed by atoms with van der Waals surface area (Å²) in [6.45, 7) is 1.29. The smallest absolute Gasteiger partial charge is 0.162 e. The van der Waals surface area contributed by atoms with E-state index in [2.05, 4.69) is 10.4 Å². The molecule has 0 saturated heterocycles. The van der Waals surface area contributed by atoms with Crippen molar-refractivity contribution in [1.82, 2.24) is 15.1 Å². The first-order chi connectivity index (χ1) is 8.70. The minimum atomic E-state index is 0.193. The highest BCUT2D eigenvalue weighted by atomic mass is 16.5. The van der Waals surface area contributed by atoms with Crippen LogP contribution >= 0.6 is 0 Å². The van der Waals surface area contributed by atoms with Gasteiger partial charge in [-0.05, 0) is 6.07 Å². The molecule has 1 heterocycles. The molecule has 0 atom stereocenters. The van der Waals surface area contributed by atoms with Crippen molar-refractivity contribution < 1.29 is 9.84 Å². The Balaban J connectivity index is 1.94. The number of aryl methyl sites for hydroxylation is 1. The van der Waals surface area contributed by atoms with E-state index in [9.17, 15) is 5.11 Å². The molecule has 2 N–H and O–H groups in total. The van der Waals surface area contributed by atoms with Gasteiger partial charge in [0.1, 0.15) is 0 Å². The van der Waals surface area contributed by atoms with Crippen molar-refractivity contribution in [3.05, 3.63) is 41.7 Å². The van der Waals surface area contributed by atoms with Gasteiger partial charge in [-0.1, -0.05) is 12.1 Å². The van der Waals surface area contributed by atoms with Crippen LogP contribution in [0, 0.1) is 0 Å². The van der Waals surface area contributed by atoms with Gasteiger partial charge >= 0.3 is 0 Å². The van der Waals surface area contributed by atoms with Gasteiger partial charge in [0.15, 0.2) is 11.5 Å². The highest BCUT2D eigenvalue weighted by Gasteiger charge is 2.06. The van der Waals surface area contributed by atoms with Crippen LogP contribution in [-0.4, -0.2) is 22.0 Å². The number of hydrogen-bond donors (Lipinski definition) is 2. The van der Waals surface area contributed by atoms with E-state index in [4.69, 9.17) is 4.74 Å². The molecule has 0 amide bonds. The number of hydrogen-bond acceptors (Lipinski definition) is 4. The fourth-order valence-electron chi connectivity index (χ4n) is 1.78. The van der Waals surface area contributed by atoms with Gasteiger partial charge in [0.2, 0.25) is 0 Å². The highest BCUT2D eigenvalue weighted by Crippen LogP contribution is 2.29. The molecule has 1 aromatic carbocycles. The van der Waals surface area contributed by atoms with Crippen molar-refractivity contribution in [3.63, 3.8) is 0 Å². The van der Waals surface area contributed by atoms with Crippen LogP contribution in [-0.2, 0) is 20.1 Å². The molecule has 1 aromatic heterocycles. The fourth-order valence-corrected chi connectivity index (χ4v) is 1.78. The average Bonchev–Trinajstić information content (AvgIpc) is 2.77. The van der Waals surface area contributed by atoms with Crippen LogP contribution in [0.1, 0.15) is 11.1 Å². The van der Waals surface area contributed by atoms with Crippen molar-refractivity contribution in [3.8, 4) is 11.5 Å². The number of aromatic hydroxyl groups is 1. The van der Waals surface area contributed by atoms with Gasteiger partial charge < -0.3 is 15.2 Å². The van der Waals surface area contributed by atoms with E-state index in [1.807, 2.05) is 31.6 Å². The predicted octanol–water partition coefficient (Wildman–Crippen LogP) is 1.42. The second-order valence-electron chi connectivity index (χ2n) is 4.09. The van der Waals surface area contributed by atoms with Crippen molar-refractivity contribution in [2.75, 3.05) is 7.11 Å². The Morgan fingerprint density at radius 2 is 2.22 bits per heavy atom. The third kappa shape index (κ3) is 2.81. The zero-order valence-corrected chi connectivity index (χ0v) is 10.6. The van der Waals surface area contributed by atoms with Gasteiger partial charge in [-0.15, -0.1) is 0 Å². The summed E-state index contributed by atoms with van der Waals surface area (Å²) < 4.78 is 6.83. The summed E-state index contributed by atoms with van der Waals surface area (Å²) >= 11 is 0. The molecule has 5 heteroatoms. The van der Waals surface area contributed by atoms with E-state index in [-0.39, 0.29) is 5.75 Å². The Kier molecular flexibility index (Phi) is 3.84. The first-order valence-electron chi connectivity index (χ1n) is 5.74. The van der Waals surface area contributed by atoms with Gasteiger partial charge in [-0.3, -0.25) is 4.68 Å². The molecular weight excluding hydrogens is 230 g/mol. The molecule has 0 aliphatic carbocycles. The van der Waals surface area contributed by atoms with Gasteiger partial charge in [0, 0.05) is 37.5 Å². The second-order valence-corrected chi connectivity index (χ2v) is 4.09. The van der Waals surface area contributed by atoms with Crippen LogP contribution in [0.4, 0.5) is 0 Å². The molecule has 0 aliphatic heterocycles. The standard InChI is InChI=1S/C13H17N3O2/c1-16-9-10(7-15-16)6-14-8-11-4-3-5-12(18-2)13(11)17/h3-5,7,9,14,17H,6,8H2,1-2H3. The average molecular weight is 247 g/mol. The van der Waals surface area contributed by atoms with Gasteiger partial charge in [-0.2, -0.15) is 5.10 Å². The largest absolute Gasteiger partial charge is 0.504 e. The Morgan fingerprint density at radius 1 is 1.39 bits per heavy atom. The molecular formula is C13H17N3O2. The summed E-state index contributed by atoms with van der Waals surface area (Å²) in [5.41, 5.74) is 1.93. The summed E-state index contributed by atoms with van der Waals surface area (Å²) in [5, 5.41) is 17.3. The summed E-state index contributed by atoms with van der Waals surface area (Å²) in [6, 6.07) is 5.47. The molecule has 0 unspecified atom stereocenters. The molecule has 0 aliphatic rings. The van der Waals surface area contributed by atoms with E-state index < -0.39 is 0 Å². The lowest BCUT2D eigenvalue weighted by atomic mass is 10.2. The van der Waals surface area contributed by atoms with Crippen LogP contribution in [0.25, 0.3) is 0 Å². The topological polar surface area (TPSA) is 59.3 Å². The lowest BCUT2D eigenvalue weighted by Crippen LogP contribution is -2.12. The number of ether oxygens (including phenoxy) is 1. The van der Waals surface area contributed by atoms with Crippen LogP contribution in [0.5, 0.6) is 11.5 Å². The van der Waals surface area contributed by atoms with Crippen LogP contribution in [0.15, 0.2) is 30.6 Å². The van der Waals surface area contributed by atoms with Crippen molar-refractivity contribution in [1.29, 1.82) is 0 Å². The molecule has 18 heavy (non-hydrogen) atoms. The molecule has 2 aromatic rings. The van der Waals surface area contributed by atoms with Crippen LogP contribution in [0.2, 0.25) is 0 Å². The number of para-hydroxylation sites is 1. The quantitative estimate of drug-likeness (QED) is 0.839. The highest BCUT2D eigenvalue weighted by molar-refractivity contribution is 5.45. The number of nitrogens with one attached hydrogen (secondary N) is 1. The first kappa shape index (κ1) is 12.4. The number of nitrogens with zero attached hydrogens (tertiary/aromatic N) is 2. The maximum Gasteiger partial charge on any atom is 0.162 e. The maximum atomic E-state index is 9.91. The minimum Gasteiger partial charge on any atom is -0.504 e. The van der Waals surface area contributed by atoms with Crippen LogP contribution < -0.4 is 10.1 Å². The van der Waals surface area contributed by atoms with E-state index in [1.54, 1.807) is 17.9 Å². The second kappa shape index (κ2) is 5.55. The number of methoxy groups -OCH3 is 1. The fraction of sp³-hybridized carbons (Fsp3) is 0.308. The summed E-state index contributed by atoms with van der Waals surface area (Å²) in [6.07, 6.45) is 3.77. The van der Waals surface area contributed by atoms with Crippen molar-refractivity contribution in [2.45, 2.75) is 13.1 Å². The van der Waals surface area contributed by atoms with E-state index in [1.165, 1.54) is 0 Å². The molecule has 2 rings (SSSR count). The number of phenols is 1. The first-order valence-corrected chi connectivity index (χ1v) is 5.74. The SMILES string of the molecule is COc1cccc(CNCc2cnn(C)c2)c1O. The predicted molar refractivity (Wildman–Crippen MR) is 68.4 cm³/mol. The summed E-state index contributed by atoms with van der Waals surface area (Å²) in [7, 11) is 3.43. The van der Waals surface area contributed by atoms with Gasteiger partial charge in [0.25, 0.3) is 0 Å². The van der Waals surface area contributed by atoms with Gasteiger partial charge in [-0.25, -0.2) is 0 Å². The molecule has 0 saturated carbocycles. The third-order valence-corrected chi connectivity index (χ3v) is 2.71. The Hall–Kier alpha value is -2.01. The van der Waals surface area contributed by atoms with E-state index in [0.29, 0.717) is 18.8 Å². The molecule has 0 spiro atoms. The lowest BCUT2D eigenvalue weighted by molar-refractivity contribution is 0.369. The van der Waals surface area contributed by atoms with E-state index >= 15 is 0 Å². The van der Waals surface area contributed by atoms with Crippen molar-refractivity contribution in [2.24, 2.45) is 7.05 Å². The van der Waals surface area contributed by atoms with Crippen LogP contribution in [0.3, 0.4) is 0 Å². The monoisotopic (exact) mass is 247 g/mol. The molecule has 0 radical (unpaired) electrons. The molecule has 5 nitrogen and oxygen atoms in total. The zero-order valence-electron chi connectivity index (χ0n) is 10.6. The minimum absolute atomic E-state index is 0.193. The molecule has 0 bridgehead atoms. The normalized spacial score (nSPS) is 10.6. The Morgan fingerprint density at radius 3 is 2.89 bits per heavy atom. The van der Waals surface area contributed by atoms with E-state index in [0.717, 1.165) is 11.1 Å². The van der Waals surface area contributed by atoms with Gasteiger partial charge in [0.05, 0.1) is 13.3 Å². The lowest BCUT2D eigenvalue weighted by Gasteiger charge is -2.09. The number of rotatable bonds is 5. The number of phenolic OH excluding ortho intramolecular Hbond substituents is 1. The van der Waals surface area contributed by atoms with Crippen molar-refractivity contribution >= 4 is 0 Å². The number of aromatic nitrogens is 2. The maximum absolute atomic E-state index is 9.91.